The number of aryl methyl sites for hydroxylation is 1. The van der Waals surface area contributed by atoms with Crippen LogP contribution in [0.5, 0.6) is 0 Å². The summed E-state index contributed by atoms with van der Waals surface area (Å²) in [5, 5.41) is 22.5. The molecule has 3 N–H and O–H groups in total. The van der Waals surface area contributed by atoms with Gasteiger partial charge in [0.25, 0.3) is 5.91 Å². The van der Waals surface area contributed by atoms with E-state index in [0.29, 0.717) is 17.7 Å². The Morgan fingerprint density at radius 3 is 2.72 bits per heavy atom. The van der Waals surface area contributed by atoms with Gasteiger partial charge in [0.1, 0.15) is 0 Å². The summed E-state index contributed by atoms with van der Waals surface area (Å²) in [6.07, 6.45) is 1.53. The summed E-state index contributed by atoms with van der Waals surface area (Å²) < 4.78 is 0. The van der Waals surface area contributed by atoms with Gasteiger partial charge in [-0.05, 0) is 31.9 Å². The van der Waals surface area contributed by atoms with Crippen molar-refractivity contribution in [2.45, 2.75) is 50.9 Å². The van der Waals surface area contributed by atoms with E-state index in [4.69, 9.17) is 0 Å². The van der Waals surface area contributed by atoms with Crippen molar-refractivity contribution in [2.24, 2.45) is 0 Å². The van der Waals surface area contributed by atoms with E-state index in [1.54, 1.807) is 6.07 Å². The monoisotopic (exact) mass is 269 g/mol. The van der Waals surface area contributed by atoms with Crippen LogP contribution in [0.25, 0.3) is 0 Å². The molecular formula is C13H19NO3S. The lowest BCUT2D eigenvalue weighted by atomic mass is 10.0. The van der Waals surface area contributed by atoms with Crippen molar-refractivity contribution in [3.63, 3.8) is 0 Å². The van der Waals surface area contributed by atoms with Gasteiger partial charge >= 0.3 is 0 Å². The molecule has 0 aromatic carbocycles. The normalized spacial score (nSPS) is 28.7. The average molecular weight is 269 g/mol. The first-order valence-corrected chi connectivity index (χ1v) is 7.13. The molecule has 1 aliphatic carbocycles. The molecule has 5 heteroatoms. The van der Waals surface area contributed by atoms with Gasteiger partial charge in [-0.25, -0.2) is 0 Å². The Balaban J connectivity index is 2.01. The molecule has 0 spiro atoms. The molecule has 1 aromatic heterocycles. The van der Waals surface area contributed by atoms with Crippen molar-refractivity contribution in [3.8, 4) is 0 Å². The maximum Gasteiger partial charge on any atom is 0.261 e. The predicted octanol–water partition coefficient (Wildman–Crippen LogP) is 1.45. The van der Waals surface area contributed by atoms with Crippen molar-refractivity contribution in [1.29, 1.82) is 0 Å². The van der Waals surface area contributed by atoms with Crippen molar-refractivity contribution < 1.29 is 15.0 Å². The number of hydrogen-bond donors (Lipinski definition) is 3. The van der Waals surface area contributed by atoms with Crippen molar-refractivity contribution >= 4 is 17.2 Å². The highest BCUT2D eigenvalue weighted by Crippen LogP contribution is 2.20. The summed E-state index contributed by atoms with van der Waals surface area (Å²) in [7, 11) is 0. The van der Waals surface area contributed by atoms with E-state index in [1.807, 2.05) is 13.0 Å². The number of rotatable bonds is 2. The van der Waals surface area contributed by atoms with Crippen LogP contribution in [0.4, 0.5) is 0 Å². The highest BCUT2D eigenvalue weighted by molar-refractivity contribution is 7.13. The highest BCUT2D eigenvalue weighted by Gasteiger charge is 2.30. The standard InChI is InChI=1S/C13H19NO3S/c1-8-6-7-11(18-8)13(17)14-9-4-2-3-5-10(15)12(9)16/h6-7,9-10,12,15-16H,2-5H2,1H3,(H,14,17)/t9-,10-,12-/m1/s1. The lowest BCUT2D eigenvalue weighted by Gasteiger charge is -2.24. The smallest absolute Gasteiger partial charge is 0.261 e. The Bertz CT molecular complexity index is 418. The third kappa shape index (κ3) is 3.10. The molecule has 1 aromatic rings. The first-order chi connectivity index (χ1) is 8.58. The molecule has 4 nitrogen and oxygen atoms in total. The van der Waals surface area contributed by atoms with Crippen LogP contribution in [0.3, 0.4) is 0 Å². The van der Waals surface area contributed by atoms with E-state index < -0.39 is 12.2 Å². The molecule has 18 heavy (non-hydrogen) atoms. The first kappa shape index (κ1) is 13.5. The van der Waals surface area contributed by atoms with Crippen LogP contribution in [0.2, 0.25) is 0 Å². The average Bonchev–Trinajstić information content (AvgIpc) is 2.72. The van der Waals surface area contributed by atoms with Crippen LogP contribution in [-0.2, 0) is 0 Å². The summed E-state index contributed by atoms with van der Waals surface area (Å²) >= 11 is 1.44. The van der Waals surface area contributed by atoms with Gasteiger partial charge in [-0.2, -0.15) is 0 Å². The molecule has 1 fully saturated rings. The minimum absolute atomic E-state index is 0.161. The third-order valence-electron chi connectivity index (χ3n) is 3.35. The second-order valence-electron chi connectivity index (χ2n) is 4.83. The van der Waals surface area contributed by atoms with Crippen molar-refractivity contribution in [1.82, 2.24) is 5.32 Å². The number of hydrogen-bond acceptors (Lipinski definition) is 4. The summed E-state index contributed by atoms with van der Waals surface area (Å²) in [6.45, 7) is 1.95. The van der Waals surface area contributed by atoms with Crippen LogP contribution in [0, 0.1) is 6.92 Å². The van der Waals surface area contributed by atoms with E-state index in [2.05, 4.69) is 5.32 Å². The Kier molecular flexibility index (Phi) is 4.37. The second kappa shape index (κ2) is 5.82. The first-order valence-electron chi connectivity index (χ1n) is 6.31. The molecule has 0 bridgehead atoms. The maximum atomic E-state index is 12.0. The predicted molar refractivity (Wildman–Crippen MR) is 70.8 cm³/mol. The molecule has 100 valence electrons. The Hall–Kier alpha value is -0.910. The van der Waals surface area contributed by atoms with Gasteiger partial charge in [0.15, 0.2) is 0 Å². The molecular weight excluding hydrogens is 250 g/mol. The summed E-state index contributed by atoms with van der Waals surface area (Å²) in [5.41, 5.74) is 0. The van der Waals surface area contributed by atoms with Crippen LogP contribution < -0.4 is 5.32 Å². The fourth-order valence-electron chi connectivity index (χ4n) is 2.28. The summed E-state index contributed by atoms with van der Waals surface area (Å²) in [4.78, 5) is 13.7. The fraction of sp³-hybridized carbons (Fsp3) is 0.615. The van der Waals surface area contributed by atoms with Gasteiger partial charge in [-0.1, -0.05) is 12.8 Å². The number of thiophene rings is 1. The molecule has 1 aliphatic rings. The molecule has 1 heterocycles. The quantitative estimate of drug-likeness (QED) is 0.712. The van der Waals surface area contributed by atoms with Gasteiger partial charge in [-0.15, -0.1) is 11.3 Å². The molecule has 3 atom stereocenters. The topological polar surface area (TPSA) is 69.6 Å². The van der Waals surface area contributed by atoms with Crippen LogP contribution in [0.1, 0.15) is 40.2 Å². The van der Waals surface area contributed by atoms with Gasteiger partial charge in [-0.3, -0.25) is 4.79 Å². The Labute approximate surface area is 111 Å². The summed E-state index contributed by atoms with van der Waals surface area (Å²) in [5.74, 6) is -0.161. The SMILES string of the molecule is Cc1ccc(C(=O)N[C@@H]2CCCC[C@@H](O)[C@@H]2O)s1. The Morgan fingerprint density at radius 1 is 1.33 bits per heavy atom. The third-order valence-corrected chi connectivity index (χ3v) is 4.35. The van der Waals surface area contributed by atoms with E-state index in [0.717, 1.165) is 17.7 Å². The lowest BCUT2D eigenvalue weighted by molar-refractivity contribution is -0.00120. The molecule has 0 radical (unpaired) electrons. The maximum absolute atomic E-state index is 12.0. The molecule has 1 saturated carbocycles. The minimum Gasteiger partial charge on any atom is -0.390 e. The number of carbonyl (C=O) groups is 1. The van der Waals surface area contributed by atoms with E-state index >= 15 is 0 Å². The van der Waals surface area contributed by atoms with E-state index in [1.165, 1.54) is 11.3 Å². The van der Waals surface area contributed by atoms with E-state index in [9.17, 15) is 15.0 Å². The van der Waals surface area contributed by atoms with E-state index in [-0.39, 0.29) is 11.9 Å². The molecule has 0 unspecified atom stereocenters. The minimum atomic E-state index is -0.863. The number of aliphatic hydroxyl groups is 2. The number of nitrogens with one attached hydrogen (secondary N) is 1. The summed E-state index contributed by atoms with van der Waals surface area (Å²) in [6, 6.07) is 3.34. The number of aliphatic hydroxyl groups excluding tert-OH is 2. The zero-order chi connectivity index (χ0) is 13.1. The second-order valence-corrected chi connectivity index (χ2v) is 6.12. The molecule has 0 saturated heterocycles. The van der Waals surface area contributed by atoms with Crippen LogP contribution >= 0.6 is 11.3 Å². The molecule has 2 rings (SSSR count). The fourth-order valence-corrected chi connectivity index (χ4v) is 3.05. The van der Waals surface area contributed by atoms with Gasteiger partial charge in [0, 0.05) is 4.88 Å². The zero-order valence-corrected chi connectivity index (χ0v) is 11.2. The van der Waals surface area contributed by atoms with Gasteiger partial charge in [0.05, 0.1) is 23.1 Å². The van der Waals surface area contributed by atoms with Crippen LogP contribution in [-0.4, -0.2) is 34.4 Å². The lowest BCUT2D eigenvalue weighted by Crippen LogP contribution is -2.47. The molecule has 1 amide bonds. The largest absolute Gasteiger partial charge is 0.390 e. The number of carbonyl (C=O) groups excluding carboxylic acids is 1. The van der Waals surface area contributed by atoms with Crippen molar-refractivity contribution in [3.05, 3.63) is 21.9 Å². The molecule has 0 aliphatic heterocycles. The van der Waals surface area contributed by atoms with Gasteiger partial charge in [0.2, 0.25) is 0 Å². The highest BCUT2D eigenvalue weighted by atomic mass is 32.1. The van der Waals surface area contributed by atoms with Crippen molar-refractivity contribution in [2.75, 3.05) is 0 Å². The number of amides is 1. The van der Waals surface area contributed by atoms with Crippen LogP contribution in [0.15, 0.2) is 12.1 Å². The Morgan fingerprint density at radius 2 is 2.06 bits per heavy atom. The zero-order valence-electron chi connectivity index (χ0n) is 10.4. The van der Waals surface area contributed by atoms with Gasteiger partial charge < -0.3 is 15.5 Å².